The molecule has 0 aromatic heterocycles. The lowest BCUT2D eigenvalue weighted by Crippen LogP contribution is -2.24. The molecule has 4 nitrogen and oxygen atoms in total. The highest BCUT2D eigenvalue weighted by Crippen LogP contribution is 2.41. The van der Waals surface area contributed by atoms with Gasteiger partial charge in [-0.1, -0.05) is 12.1 Å². The number of rotatable bonds is 2. The fraction of sp³-hybridized carbons (Fsp3) is 0.300. The van der Waals surface area contributed by atoms with E-state index in [1.54, 1.807) is 0 Å². The maximum Gasteiger partial charge on any atom is 0.404 e. The minimum Gasteiger partial charge on any atom is -0.465 e. The van der Waals surface area contributed by atoms with Crippen LogP contribution in [0.25, 0.3) is 0 Å². The van der Waals surface area contributed by atoms with Crippen molar-refractivity contribution < 1.29 is 9.90 Å². The molecule has 14 heavy (non-hydrogen) atoms. The maximum atomic E-state index is 10.4. The second-order valence-corrected chi connectivity index (χ2v) is 3.57. The Hall–Kier alpha value is -1.71. The Morgan fingerprint density at radius 1 is 1.57 bits per heavy atom. The summed E-state index contributed by atoms with van der Waals surface area (Å²) in [4.78, 5) is 10.4. The van der Waals surface area contributed by atoms with E-state index in [0.717, 1.165) is 17.7 Å². The summed E-state index contributed by atoms with van der Waals surface area (Å²) in [5, 5.41) is 11.0. The second-order valence-electron chi connectivity index (χ2n) is 3.57. The summed E-state index contributed by atoms with van der Waals surface area (Å²) in [6.07, 6.45) is -0.0862. The average Bonchev–Trinajstić information content (AvgIpc) is 2.82. The molecule has 0 bridgehead atoms. The Balaban J connectivity index is 2.02. The molecule has 0 heterocycles. The Morgan fingerprint density at radius 3 is 3.00 bits per heavy atom. The highest BCUT2D eigenvalue weighted by Gasteiger charge is 2.39. The molecule has 2 rings (SSSR count). The van der Waals surface area contributed by atoms with Gasteiger partial charge in [0.2, 0.25) is 0 Å². The summed E-state index contributed by atoms with van der Waals surface area (Å²) in [6, 6.07) is 7.65. The Kier molecular flexibility index (Phi) is 2.04. The number of carboxylic acid groups (broad SMARTS) is 1. The number of anilines is 1. The molecule has 2 atom stereocenters. The van der Waals surface area contributed by atoms with E-state index in [9.17, 15) is 4.79 Å². The zero-order chi connectivity index (χ0) is 10.1. The average molecular weight is 192 g/mol. The van der Waals surface area contributed by atoms with Crippen molar-refractivity contribution in [3.05, 3.63) is 29.8 Å². The van der Waals surface area contributed by atoms with Crippen molar-refractivity contribution in [1.82, 2.24) is 5.32 Å². The molecule has 1 aromatic rings. The lowest BCUT2D eigenvalue weighted by Gasteiger charge is -2.01. The van der Waals surface area contributed by atoms with Crippen LogP contribution in [0.1, 0.15) is 17.9 Å². The Morgan fingerprint density at radius 2 is 2.36 bits per heavy atom. The molecule has 1 aliphatic rings. The van der Waals surface area contributed by atoms with Gasteiger partial charge in [-0.05, 0) is 24.1 Å². The molecule has 1 aromatic carbocycles. The molecule has 1 fully saturated rings. The van der Waals surface area contributed by atoms with Gasteiger partial charge in [0.15, 0.2) is 0 Å². The first-order chi connectivity index (χ1) is 6.66. The zero-order valence-electron chi connectivity index (χ0n) is 7.60. The summed E-state index contributed by atoms with van der Waals surface area (Å²) in [6.45, 7) is 0. The van der Waals surface area contributed by atoms with Gasteiger partial charge in [-0.3, -0.25) is 0 Å². The Labute approximate surface area is 81.7 Å². The molecule has 4 heteroatoms. The molecule has 4 N–H and O–H groups in total. The van der Waals surface area contributed by atoms with Gasteiger partial charge in [-0.15, -0.1) is 0 Å². The van der Waals surface area contributed by atoms with E-state index >= 15 is 0 Å². The van der Waals surface area contributed by atoms with Crippen molar-refractivity contribution in [3.63, 3.8) is 0 Å². The van der Waals surface area contributed by atoms with Crippen LogP contribution >= 0.6 is 0 Å². The van der Waals surface area contributed by atoms with Gasteiger partial charge in [0.25, 0.3) is 0 Å². The van der Waals surface area contributed by atoms with Crippen molar-refractivity contribution in [2.75, 3.05) is 5.73 Å². The number of nitrogens with two attached hydrogens (primary N) is 1. The third-order valence-corrected chi connectivity index (χ3v) is 2.44. The van der Waals surface area contributed by atoms with Crippen molar-refractivity contribution in [2.24, 2.45) is 0 Å². The van der Waals surface area contributed by atoms with Gasteiger partial charge in [-0.25, -0.2) is 4.79 Å². The summed E-state index contributed by atoms with van der Waals surface area (Å²) in [7, 11) is 0. The van der Waals surface area contributed by atoms with Crippen LogP contribution in [0, 0.1) is 0 Å². The van der Waals surface area contributed by atoms with E-state index in [2.05, 4.69) is 5.32 Å². The number of hydrogen-bond acceptors (Lipinski definition) is 2. The normalized spacial score (nSPS) is 24.3. The Bertz CT molecular complexity index is 365. The maximum absolute atomic E-state index is 10.4. The van der Waals surface area contributed by atoms with Crippen molar-refractivity contribution in [2.45, 2.75) is 18.4 Å². The summed E-state index contributed by atoms with van der Waals surface area (Å²) in [5.74, 6) is 0.301. The van der Waals surface area contributed by atoms with Crippen LogP contribution in [0.2, 0.25) is 0 Å². The van der Waals surface area contributed by atoms with E-state index < -0.39 is 6.09 Å². The number of nitrogens with one attached hydrogen (secondary N) is 1. The SMILES string of the molecule is Nc1cccc([C@@H]2C[C@H]2NC(=O)O)c1. The van der Waals surface area contributed by atoms with Crippen LogP contribution in [0.4, 0.5) is 10.5 Å². The topological polar surface area (TPSA) is 75.3 Å². The largest absolute Gasteiger partial charge is 0.465 e. The smallest absolute Gasteiger partial charge is 0.404 e. The van der Waals surface area contributed by atoms with Crippen molar-refractivity contribution in [3.8, 4) is 0 Å². The molecule has 0 spiro atoms. The van der Waals surface area contributed by atoms with Gasteiger partial charge in [0.05, 0.1) is 0 Å². The van der Waals surface area contributed by atoms with E-state index in [0.29, 0.717) is 5.92 Å². The lowest BCUT2D eigenvalue weighted by atomic mass is 10.1. The van der Waals surface area contributed by atoms with E-state index in [4.69, 9.17) is 10.8 Å². The van der Waals surface area contributed by atoms with Gasteiger partial charge in [-0.2, -0.15) is 0 Å². The van der Waals surface area contributed by atoms with E-state index in [-0.39, 0.29) is 6.04 Å². The summed E-state index contributed by atoms with van der Waals surface area (Å²) >= 11 is 0. The number of benzene rings is 1. The van der Waals surface area contributed by atoms with Crippen LogP contribution in [0.5, 0.6) is 0 Å². The zero-order valence-corrected chi connectivity index (χ0v) is 7.60. The first-order valence-electron chi connectivity index (χ1n) is 4.51. The molecular formula is C10H12N2O2. The fourth-order valence-electron chi connectivity index (χ4n) is 1.67. The molecule has 0 radical (unpaired) electrons. The lowest BCUT2D eigenvalue weighted by molar-refractivity contribution is 0.193. The highest BCUT2D eigenvalue weighted by molar-refractivity contribution is 5.66. The molecule has 1 amide bonds. The molecule has 1 saturated carbocycles. The molecule has 0 saturated heterocycles. The van der Waals surface area contributed by atoms with Crippen LogP contribution in [-0.4, -0.2) is 17.2 Å². The van der Waals surface area contributed by atoms with Crippen LogP contribution < -0.4 is 11.1 Å². The fourth-order valence-corrected chi connectivity index (χ4v) is 1.67. The van der Waals surface area contributed by atoms with Crippen molar-refractivity contribution >= 4 is 11.8 Å². The highest BCUT2D eigenvalue weighted by atomic mass is 16.4. The van der Waals surface area contributed by atoms with E-state index in [1.807, 2.05) is 24.3 Å². The van der Waals surface area contributed by atoms with Crippen LogP contribution in [-0.2, 0) is 0 Å². The van der Waals surface area contributed by atoms with Gasteiger partial charge in [0, 0.05) is 17.6 Å². The molecule has 1 aliphatic carbocycles. The standard InChI is InChI=1S/C10H12N2O2/c11-7-3-1-2-6(4-7)8-5-9(8)12-10(13)14/h1-4,8-9,12H,5,11H2,(H,13,14)/t8-,9+/m0/s1. The van der Waals surface area contributed by atoms with Gasteiger partial charge in [0.1, 0.15) is 0 Å². The first-order valence-corrected chi connectivity index (χ1v) is 4.51. The molecular weight excluding hydrogens is 180 g/mol. The molecule has 0 unspecified atom stereocenters. The number of nitrogen functional groups attached to an aromatic ring is 1. The predicted molar refractivity (Wildman–Crippen MR) is 53.2 cm³/mol. The number of amides is 1. The summed E-state index contributed by atoms with van der Waals surface area (Å²) < 4.78 is 0. The summed E-state index contributed by atoms with van der Waals surface area (Å²) in [5.41, 5.74) is 7.47. The third-order valence-electron chi connectivity index (χ3n) is 2.44. The molecule has 74 valence electrons. The molecule has 0 aliphatic heterocycles. The monoisotopic (exact) mass is 192 g/mol. The minimum absolute atomic E-state index is 0.0642. The van der Waals surface area contributed by atoms with Crippen LogP contribution in [0.3, 0.4) is 0 Å². The van der Waals surface area contributed by atoms with Crippen molar-refractivity contribution in [1.29, 1.82) is 0 Å². The predicted octanol–water partition coefficient (Wildman–Crippen LogP) is 1.39. The third kappa shape index (κ3) is 1.79. The quantitative estimate of drug-likeness (QED) is 0.620. The minimum atomic E-state index is -0.957. The second kappa shape index (κ2) is 3.21. The first kappa shape index (κ1) is 8.87. The van der Waals surface area contributed by atoms with Gasteiger partial charge >= 0.3 is 6.09 Å². The van der Waals surface area contributed by atoms with Crippen LogP contribution in [0.15, 0.2) is 24.3 Å². The van der Waals surface area contributed by atoms with E-state index in [1.165, 1.54) is 0 Å². The number of carbonyl (C=O) groups is 1. The number of hydrogen-bond donors (Lipinski definition) is 3. The van der Waals surface area contributed by atoms with Gasteiger partial charge < -0.3 is 16.2 Å².